The molecule has 0 aliphatic carbocycles. The van der Waals surface area contributed by atoms with E-state index >= 15 is 0 Å². The number of hydrazine groups is 1. The van der Waals surface area contributed by atoms with E-state index in [0.29, 0.717) is 5.92 Å². The second-order valence-corrected chi connectivity index (χ2v) is 4.37. The maximum Gasteiger partial charge on any atom is 0.0599 e. The van der Waals surface area contributed by atoms with Crippen LogP contribution >= 0.6 is 11.5 Å². The number of nitrogens with two attached hydrogens (primary N) is 1. The number of ether oxygens (including phenoxy) is 1. The average molecular weight is 213 g/mol. The Hall–Kier alpha value is -0.490. The predicted molar refractivity (Wildman–Crippen MR) is 55.7 cm³/mol. The summed E-state index contributed by atoms with van der Waals surface area (Å²) in [7, 11) is 0. The Kier molecular flexibility index (Phi) is 3.47. The van der Waals surface area contributed by atoms with Crippen molar-refractivity contribution in [1.82, 2.24) is 9.80 Å². The third-order valence-corrected chi connectivity index (χ3v) is 3.51. The third-order valence-electron chi connectivity index (χ3n) is 2.68. The molecule has 1 aliphatic heterocycles. The van der Waals surface area contributed by atoms with E-state index in [4.69, 9.17) is 10.6 Å². The first-order valence-corrected chi connectivity index (χ1v) is 5.63. The monoisotopic (exact) mass is 213 g/mol. The Morgan fingerprint density at radius 3 is 2.93 bits per heavy atom. The van der Waals surface area contributed by atoms with E-state index in [-0.39, 0.29) is 6.04 Å². The van der Waals surface area contributed by atoms with Gasteiger partial charge in [0.2, 0.25) is 0 Å². The zero-order valence-electron chi connectivity index (χ0n) is 7.98. The Morgan fingerprint density at radius 1 is 1.57 bits per heavy atom. The van der Waals surface area contributed by atoms with Gasteiger partial charge in [0.25, 0.3) is 0 Å². The van der Waals surface area contributed by atoms with Crippen LogP contribution in [0, 0.1) is 5.92 Å². The average Bonchev–Trinajstić information content (AvgIpc) is 2.74. The van der Waals surface area contributed by atoms with Crippen LogP contribution < -0.4 is 11.3 Å². The van der Waals surface area contributed by atoms with Crippen LogP contribution in [0.3, 0.4) is 0 Å². The minimum absolute atomic E-state index is 0.242. The smallest absolute Gasteiger partial charge is 0.0599 e. The Bertz CT molecular complexity index is 259. The first-order valence-electron chi connectivity index (χ1n) is 4.86. The van der Waals surface area contributed by atoms with Crippen LogP contribution in [-0.2, 0) is 4.74 Å². The molecule has 1 unspecified atom stereocenters. The minimum atomic E-state index is 0.242. The van der Waals surface area contributed by atoms with Crippen molar-refractivity contribution >= 4 is 11.5 Å². The second kappa shape index (κ2) is 4.84. The van der Waals surface area contributed by atoms with Gasteiger partial charge < -0.3 is 4.74 Å². The summed E-state index contributed by atoms with van der Waals surface area (Å²) in [5.74, 6) is 6.16. The molecule has 0 saturated carbocycles. The van der Waals surface area contributed by atoms with Gasteiger partial charge in [0.1, 0.15) is 0 Å². The van der Waals surface area contributed by atoms with Crippen LogP contribution in [0.4, 0.5) is 0 Å². The highest BCUT2D eigenvalue weighted by molar-refractivity contribution is 7.05. The highest BCUT2D eigenvalue weighted by atomic mass is 32.1. The van der Waals surface area contributed by atoms with Crippen LogP contribution in [0.5, 0.6) is 0 Å². The molecule has 1 aliphatic rings. The van der Waals surface area contributed by atoms with Gasteiger partial charge in [-0.25, -0.2) is 4.37 Å². The Balaban J connectivity index is 2.04. The van der Waals surface area contributed by atoms with Gasteiger partial charge in [0, 0.05) is 24.3 Å². The molecule has 1 atom stereocenters. The summed E-state index contributed by atoms with van der Waals surface area (Å²) >= 11 is 1.52. The van der Waals surface area contributed by atoms with Crippen LogP contribution in [0.2, 0.25) is 0 Å². The normalized spacial score (nSPS) is 20.9. The Labute approximate surface area is 87.6 Å². The third kappa shape index (κ3) is 2.12. The van der Waals surface area contributed by atoms with Crippen molar-refractivity contribution in [2.24, 2.45) is 11.8 Å². The molecule has 4 nitrogen and oxygen atoms in total. The molecule has 14 heavy (non-hydrogen) atoms. The van der Waals surface area contributed by atoms with E-state index in [1.54, 1.807) is 0 Å². The maximum atomic E-state index is 5.58. The lowest BCUT2D eigenvalue weighted by Crippen LogP contribution is -2.35. The predicted octanol–water partition coefficient (Wildman–Crippen LogP) is 1.07. The molecule has 0 spiro atoms. The van der Waals surface area contributed by atoms with Crippen molar-refractivity contribution < 1.29 is 4.74 Å². The van der Waals surface area contributed by atoms with Gasteiger partial charge in [-0.1, -0.05) is 0 Å². The fourth-order valence-electron chi connectivity index (χ4n) is 1.89. The molecule has 1 saturated heterocycles. The number of nitrogens with one attached hydrogen (secondary N) is 1. The van der Waals surface area contributed by atoms with Gasteiger partial charge >= 0.3 is 0 Å². The standard InChI is InChI=1S/C9H15N3OS/c10-12-9(8-1-4-11-14-8)7-2-5-13-6-3-7/h1,4,7,9,12H,2-3,5-6,10H2. The van der Waals surface area contributed by atoms with Crippen LogP contribution in [0.25, 0.3) is 0 Å². The molecule has 1 aromatic rings. The fourth-order valence-corrected chi connectivity index (χ4v) is 2.62. The second-order valence-electron chi connectivity index (χ2n) is 3.51. The number of hydrogen-bond acceptors (Lipinski definition) is 5. The van der Waals surface area contributed by atoms with Crippen molar-refractivity contribution in [2.75, 3.05) is 13.2 Å². The summed E-state index contributed by atoms with van der Waals surface area (Å²) < 4.78 is 9.43. The topological polar surface area (TPSA) is 60.2 Å². The van der Waals surface area contributed by atoms with Crippen molar-refractivity contribution in [2.45, 2.75) is 18.9 Å². The van der Waals surface area contributed by atoms with E-state index in [1.165, 1.54) is 16.4 Å². The van der Waals surface area contributed by atoms with Gasteiger partial charge in [0.05, 0.1) is 6.04 Å². The molecule has 2 heterocycles. The van der Waals surface area contributed by atoms with E-state index in [0.717, 1.165) is 26.1 Å². The molecule has 1 aromatic heterocycles. The highest BCUT2D eigenvalue weighted by Gasteiger charge is 2.25. The summed E-state index contributed by atoms with van der Waals surface area (Å²) in [5.41, 5.74) is 2.89. The summed E-state index contributed by atoms with van der Waals surface area (Å²) in [4.78, 5) is 1.22. The molecule has 0 aromatic carbocycles. The highest BCUT2D eigenvalue weighted by Crippen LogP contribution is 2.30. The van der Waals surface area contributed by atoms with E-state index in [9.17, 15) is 0 Å². The summed E-state index contributed by atoms with van der Waals surface area (Å²) in [6.07, 6.45) is 3.98. The lowest BCUT2D eigenvalue weighted by atomic mass is 9.91. The molecule has 2 rings (SSSR count). The molecule has 1 fully saturated rings. The van der Waals surface area contributed by atoms with Crippen LogP contribution in [-0.4, -0.2) is 17.6 Å². The van der Waals surface area contributed by atoms with E-state index in [2.05, 4.69) is 9.80 Å². The van der Waals surface area contributed by atoms with E-state index in [1.807, 2.05) is 12.3 Å². The SMILES string of the molecule is NNC(c1ccns1)C1CCOCC1. The number of aromatic nitrogens is 1. The van der Waals surface area contributed by atoms with Gasteiger partial charge in [-0.2, -0.15) is 0 Å². The summed E-state index contributed by atoms with van der Waals surface area (Å²) in [5, 5.41) is 0. The number of hydrogen-bond donors (Lipinski definition) is 2. The lowest BCUT2D eigenvalue weighted by Gasteiger charge is -2.28. The lowest BCUT2D eigenvalue weighted by molar-refractivity contribution is 0.0540. The molecule has 78 valence electrons. The van der Waals surface area contributed by atoms with Crippen molar-refractivity contribution in [3.8, 4) is 0 Å². The quantitative estimate of drug-likeness (QED) is 0.582. The Morgan fingerprint density at radius 2 is 2.36 bits per heavy atom. The molecule has 0 bridgehead atoms. The molecule has 0 amide bonds. The first kappa shape index (κ1) is 10.0. The van der Waals surface area contributed by atoms with Gasteiger partial charge in [-0.3, -0.25) is 11.3 Å². The van der Waals surface area contributed by atoms with Crippen molar-refractivity contribution in [3.05, 3.63) is 17.1 Å². The van der Waals surface area contributed by atoms with Crippen LogP contribution in [0.1, 0.15) is 23.8 Å². The summed E-state index contributed by atoms with van der Waals surface area (Å²) in [6.45, 7) is 1.70. The van der Waals surface area contributed by atoms with Gasteiger partial charge in [0.15, 0.2) is 0 Å². The van der Waals surface area contributed by atoms with Gasteiger partial charge in [-0.15, -0.1) is 0 Å². The zero-order valence-corrected chi connectivity index (χ0v) is 8.80. The molecular formula is C9H15N3OS. The van der Waals surface area contributed by atoms with Crippen molar-refractivity contribution in [3.63, 3.8) is 0 Å². The van der Waals surface area contributed by atoms with Crippen LogP contribution in [0.15, 0.2) is 12.3 Å². The molecule has 3 N–H and O–H groups in total. The molecular weight excluding hydrogens is 198 g/mol. The zero-order chi connectivity index (χ0) is 9.80. The number of rotatable bonds is 3. The van der Waals surface area contributed by atoms with Gasteiger partial charge in [-0.05, 0) is 36.4 Å². The van der Waals surface area contributed by atoms with Crippen molar-refractivity contribution in [1.29, 1.82) is 0 Å². The largest absolute Gasteiger partial charge is 0.381 e. The first-order chi connectivity index (χ1) is 6.92. The molecule has 5 heteroatoms. The maximum absolute atomic E-state index is 5.58. The molecule has 0 radical (unpaired) electrons. The fraction of sp³-hybridized carbons (Fsp3) is 0.667. The minimum Gasteiger partial charge on any atom is -0.381 e. The summed E-state index contributed by atoms with van der Waals surface area (Å²) in [6, 6.07) is 2.27. The van der Waals surface area contributed by atoms with E-state index < -0.39 is 0 Å². The number of nitrogens with zero attached hydrogens (tertiary/aromatic N) is 1.